The summed E-state index contributed by atoms with van der Waals surface area (Å²) in [6.45, 7) is 4.29. The van der Waals surface area contributed by atoms with Gasteiger partial charge in [-0.1, -0.05) is 51.2 Å². The van der Waals surface area contributed by atoms with Gasteiger partial charge in [0.25, 0.3) is 0 Å². The summed E-state index contributed by atoms with van der Waals surface area (Å²) in [5.74, 6) is 0.775. The number of hydrogen-bond donors (Lipinski definition) is 0. The van der Waals surface area contributed by atoms with E-state index < -0.39 is 0 Å². The maximum atomic E-state index is 5.17. The molecule has 0 saturated heterocycles. The van der Waals surface area contributed by atoms with Crippen molar-refractivity contribution in [2.45, 2.75) is 58.8 Å². The Morgan fingerprint density at radius 3 is 2.41 bits per heavy atom. The smallest absolute Gasteiger partial charge is 0.180 e. The van der Waals surface area contributed by atoms with Gasteiger partial charge in [0.1, 0.15) is 5.75 Å². The van der Waals surface area contributed by atoms with Crippen molar-refractivity contribution in [3.63, 3.8) is 0 Å². The minimum atomic E-state index is 0.775. The zero-order chi connectivity index (χ0) is 12.5. The molecule has 0 aliphatic rings. The van der Waals surface area contributed by atoms with Gasteiger partial charge in [0.05, 0.1) is 0 Å². The minimum Gasteiger partial charge on any atom is -0.482 e. The van der Waals surface area contributed by atoms with E-state index in [1.807, 2.05) is 13.0 Å². The Balaban J connectivity index is 2.25. The average molecular weight is 232 g/mol. The van der Waals surface area contributed by atoms with Crippen molar-refractivity contribution in [1.82, 2.24) is 0 Å². The van der Waals surface area contributed by atoms with Gasteiger partial charge in [0.2, 0.25) is 0 Å². The molecule has 0 spiro atoms. The molecule has 0 aromatic heterocycles. The summed E-state index contributed by atoms with van der Waals surface area (Å²) >= 11 is 0. The van der Waals surface area contributed by atoms with E-state index >= 15 is 0 Å². The Kier molecular flexibility index (Phi) is 6.76. The molecule has 0 aliphatic heterocycles. The van der Waals surface area contributed by atoms with Crippen LogP contribution >= 0.6 is 0 Å². The second-order valence-electron chi connectivity index (χ2n) is 4.74. The summed E-state index contributed by atoms with van der Waals surface area (Å²) in [6.07, 6.45) is 9.24. The molecule has 2 radical (unpaired) electrons. The second kappa shape index (κ2) is 8.16. The van der Waals surface area contributed by atoms with Gasteiger partial charge in [-0.05, 0) is 37.0 Å². The third-order valence-corrected chi connectivity index (χ3v) is 3.19. The first-order chi connectivity index (χ1) is 8.27. The molecule has 0 saturated carbocycles. The van der Waals surface area contributed by atoms with Crippen molar-refractivity contribution >= 4 is 0 Å². The predicted octanol–water partition coefficient (Wildman–Crippen LogP) is 4.95. The molecule has 0 N–H and O–H groups in total. The molecule has 1 nitrogen and oxygen atoms in total. The average Bonchev–Trinajstić information content (AvgIpc) is 2.34. The van der Waals surface area contributed by atoms with Crippen LogP contribution in [0.2, 0.25) is 0 Å². The summed E-state index contributed by atoms with van der Waals surface area (Å²) in [5.41, 5.74) is 2.51. The Morgan fingerprint density at radius 2 is 1.76 bits per heavy atom. The van der Waals surface area contributed by atoms with Crippen LogP contribution in [0.15, 0.2) is 18.2 Å². The summed E-state index contributed by atoms with van der Waals surface area (Å²) in [4.78, 5) is 0. The molecule has 1 rings (SSSR count). The van der Waals surface area contributed by atoms with E-state index in [4.69, 9.17) is 11.8 Å². The monoisotopic (exact) mass is 232 g/mol. The van der Waals surface area contributed by atoms with Crippen LogP contribution in [0.3, 0.4) is 0 Å². The summed E-state index contributed by atoms with van der Waals surface area (Å²) < 4.78 is 4.77. The molecule has 0 bridgehead atoms. The Labute approximate surface area is 106 Å². The van der Waals surface area contributed by atoms with E-state index in [0.29, 0.717) is 0 Å². The zero-order valence-corrected chi connectivity index (χ0v) is 11.2. The molecule has 0 unspecified atom stereocenters. The normalized spacial score (nSPS) is 10.5. The second-order valence-corrected chi connectivity index (χ2v) is 4.74. The van der Waals surface area contributed by atoms with Crippen molar-refractivity contribution in [3.8, 4) is 5.75 Å². The lowest BCUT2D eigenvalue weighted by molar-refractivity contribution is 0.469. The van der Waals surface area contributed by atoms with E-state index in [2.05, 4.69) is 19.1 Å². The lowest BCUT2D eigenvalue weighted by Crippen LogP contribution is -1.90. The Hall–Kier alpha value is -0.980. The van der Waals surface area contributed by atoms with Crippen LogP contribution in [-0.2, 0) is 6.42 Å². The first-order valence-electron chi connectivity index (χ1n) is 6.74. The van der Waals surface area contributed by atoms with E-state index in [1.165, 1.54) is 44.1 Å². The molecule has 0 aliphatic carbocycles. The van der Waals surface area contributed by atoms with Crippen LogP contribution in [0.25, 0.3) is 0 Å². The van der Waals surface area contributed by atoms with Crippen LogP contribution < -0.4 is 4.74 Å². The van der Waals surface area contributed by atoms with Crippen molar-refractivity contribution in [3.05, 3.63) is 36.4 Å². The molecule has 17 heavy (non-hydrogen) atoms. The van der Waals surface area contributed by atoms with Crippen LogP contribution in [0.1, 0.15) is 56.6 Å². The fraction of sp³-hybridized carbons (Fsp3) is 0.562. The highest BCUT2D eigenvalue weighted by molar-refractivity contribution is 5.36. The molecule has 0 amide bonds. The lowest BCUT2D eigenvalue weighted by atomic mass is 10.0. The molecule has 0 heterocycles. The number of benzene rings is 1. The van der Waals surface area contributed by atoms with Crippen molar-refractivity contribution in [2.75, 3.05) is 0 Å². The number of rotatable bonds is 8. The maximum Gasteiger partial charge on any atom is 0.180 e. The summed E-state index contributed by atoms with van der Waals surface area (Å²) in [7, 11) is 5.17. The third kappa shape index (κ3) is 5.25. The van der Waals surface area contributed by atoms with Crippen molar-refractivity contribution < 1.29 is 4.74 Å². The summed E-state index contributed by atoms with van der Waals surface area (Å²) in [6, 6.07) is 6.25. The lowest BCUT2D eigenvalue weighted by Gasteiger charge is -2.07. The summed E-state index contributed by atoms with van der Waals surface area (Å²) in [5, 5.41) is 0. The fourth-order valence-electron chi connectivity index (χ4n) is 2.11. The molecule has 1 heteroatoms. The van der Waals surface area contributed by atoms with Crippen LogP contribution in [0.5, 0.6) is 5.75 Å². The molecule has 0 atom stereocenters. The molecular formula is C16H24O. The van der Waals surface area contributed by atoms with Crippen molar-refractivity contribution in [2.24, 2.45) is 0 Å². The maximum absolute atomic E-state index is 5.17. The molecule has 94 valence electrons. The van der Waals surface area contributed by atoms with Gasteiger partial charge >= 0.3 is 0 Å². The molecule has 1 aromatic rings. The van der Waals surface area contributed by atoms with E-state index in [1.54, 1.807) is 0 Å². The van der Waals surface area contributed by atoms with Gasteiger partial charge in [-0.3, -0.25) is 0 Å². The highest BCUT2D eigenvalue weighted by atomic mass is 16.5. The predicted molar refractivity (Wildman–Crippen MR) is 73.2 cm³/mol. The van der Waals surface area contributed by atoms with Crippen LogP contribution in [0, 0.1) is 14.0 Å². The highest BCUT2D eigenvalue weighted by Gasteiger charge is 2.00. The van der Waals surface area contributed by atoms with Gasteiger partial charge in [-0.25, -0.2) is 0 Å². The largest absolute Gasteiger partial charge is 0.482 e. The highest BCUT2D eigenvalue weighted by Crippen LogP contribution is 2.20. The first-order valence-corrected chi connectivity index (χ1v) is 6.74. The van der Waals surface area contributed by atoms with E-state index in [9.17, 15) is 0 Å². The molecule has 0 fully saturated rings. The topological polar surface area (TPSA) is 9.23 Å². The van der Waals surface area contributed by atoms with Gasteiger partial charge < -0.3 is 4.74 Å². The van der Waals surface area contributed by atoms with E-state index in [0.717, 1.165) is 17.7 Å². The van der Waals surface area contributed by atoms with Gasteiger partial charge in [-0.2, -0.15) is 0 Å². The fourth-order valence-corrected chi connectivity index (χ4v) is 2.11. The van der Waals surface area contributed by atoms with E-state index in [-0.39, 0.29) is 0 Å². The van der Waals surface area contributed by atoms with Gasteiger partial charge in [0.15, 0.2) is 7.11 Å². The molecule has 1 aromatic carbocycles. The van der Waals surface area contributed by atoms with Crippen molar-refractivity contribution in [1.29, 1.82) is 0 Å². The standard InChI is InChI=1S/C16H24O/c1-4-5-6-7-8-9-10-15-11-12-16(17-3)14(2)13-15/h3,11-13H,4-10H2,1-2H3. The van der Waals surface area contributed by atoms with Gasteiger partial charge in [0, 0.05) is 0 Å². The Morgan fingerprint density at radius 1 is 1.06 bits per heavy atom. The number of hydrogen-bond acceptors (Lipinski definition) is 1. The van der Waals surface area contributed by atoms with Gasteiger partial charge in [-0.15, -0.1) is 0 Å². The third-order valence-electron chi connectivity index (χ3n) is 3.19. The number of ether oxygens (including phenoxy) is 1. The first kappa shape index (κ1) is 14.1. The quantitative estimate of drug-likeness (QED) is 0.576. The minimum absolute atomic E-state index is 0.775. The molecular weight excluding hydrogens is 208 g/mol. The SMILES string of the molecule is [CH]Oc1ccc(CCCCCCCC)cc1C. The number of aryl methyl sites for hydroxylation is 2. The van der Waals surface area contributed by atoms with Crippen LogP contribution in [-0.4, -0.2) is 0 Å². The van der Waals surface area contributed by atoms with Crippen LogP contribution in [0.4, 0.5) is 0 Å². The zero-order valence-electron chi connectivity index (χ0n) is 11.2. The number of unbranched alkanes of at least 4 members (excludes halogenated alkanes) is 5. The Bertz CT molecular complexity index is 317.